The summed E-state index contributed by atoms with van der Waals surface area (Å²) in [6, 6.07) is 8.50. The van der Waals surface area contributed by atoms with Crippen molar-refractivity contribution in [2.75, 3.05) is 0 Å². The van der Waals surface area contributed by atoms with E-state index in [4.69, 9.17) is 0 Å². The number of carbonyl (C=O) groups is 1. The monoisotopic (exact) mass is 200 g/mol. The van der Waals surface area contributed by atoms with Gasteiger partial charge in [0.25, 0.3) is 0 Å². The van der Waals surface area contributed by atoms with Crippen LogP contribution in [-0.4, -0.2) is 5.78 Å². The molecule has 1 nitrogen and oxygen atoms in total. The standard InChI is InChI=1S/C14H16O/c1-14(2)8-11-9-5-3-4-6-10(9)12(14)7-13(11)15/h3-6,11-12H,7-8H2,1-2H3. The van der Waals surface area contributed by atoms with Crippen molar-refractivity contribution in [3.8, 4) is 0 Å². The molecule has 3 aliphatic rings. The van der Waals surface area contributed by atoms with Gasteiger partial charge in [0.2, 0.25) is 0 Å². The first-order valence-corrected chi connectivity index (χ1v) is 5.71. The van der Waals surface area contributed by atoms with Crippen molar-refractivity contribution in [1.29, 1.82) is 0 Å². The van der Waals surface area contributed by atoms with Crippen LogP contribution in [0.4, 0.5) is 0 Å². The second kappa shape index (κ2) is 2.72. The molecule has 0 heterocycles. The predicted octanol–water partition coefficient (Wildman–Crippen LogP) is 3.26. The van der Waals surface area contributed by atoms with Gasteiger partial charge in [-0.15, -0.1) is 0 Å². The Labute approximate surface area is 90.5 Å². The molecule has 0 spiro atoms. The third kappa shape index (κ3) is 1.12. The van der Waals surface area contributed by atoms with Gasteiger partial charge in [0.1, 0.15) is 5.78 Å². The Hall–Kier alpha value is -1.11. The Morgan fingerprint density at radius 2 is 1.87 bits per heavy atom. The van der Waals surface area contributed by atoms with Crippen molar-refractivity contribution in [2.24, 2.45) is 5.41 Å². The van der Waals surface area contributed by atoms with Gasteiger partial charge in [0.15, 0.2) is 0 Å². The van der Waals surface area contributed by atoms with E-state index >= 15 is 0 Å². The van der Waals surface area contributed by atoms with Gasteiger partial charge in [-0.1, -0.05) is 38.1 Å². The van der Waals surface area contributed by atoms with E-state index < -0.39 is 0 Å². The molecule has 1 heteroatoms. The van der Waals surface area contributed by atoms with E-state index in [1.54, 1.807) is 0 Å². The van der Waals surface area contributed by atoms with Crippen molar-refractivity contribution < 1.29 is 4.79 Å². The Kier molecular flexibility index (Phi) is 1.66. The lowest BCUT2D eigenvalue weighted by Crippen LogP contribution is -2.41. The third-order valence-electron chi connectivity index (χ3n) is 4.21. The Balaban J connectivity index is 2.22. The largest absolute Gasteiger partial charge is 0.299 e. The normalized spacial score (nSPS) is 31.5. The average molecular weight is 200 g/mol. The van der Waals surface area contributed by atoms with Crippen LogP contribution in [0, 0.1) is 5.41 Å². The van der Waals surface area contributed by atoms with Gasteiger partial charge in [-0.05, 0) is 28.9 Å². The maximum atomic E-state index is 11.9. The van der Waals surface area contributed by atoms with Crippen LogP contribution in [0.5, 0.6) is 0 Å². The maximum Gasteiger partial charge on any atom is 0.140 e. The summed E-state index contributed by atoms with van der Waals surface area (Å²) < 4.78 is 0. The summed E-state index contributed by atoms with van der Waals surface area (Å²) in [5.41, 5.74) is 3.03. The van der Waals surface area contributed by atoms with E-state index in [1.807, 2.05) is 0 Å². The average Bonchev–Trinajstić information content (AvgIpc) is 2.20. The highest BCUT2D eigenvalue weighted by Gasteiger charge is 2.48. The molecule has 2 atom stereocenters. The molecule has 3 aliphatic carbocycles. The molecule has 1 aromatic carbocycles. The summed E-state index contributed by atoms with van der Waals surface area (Å²) in [4.78, 5) is 11.9. The molecule has 0 saturated heterocycles. The van der Waals surface area contributed by atoms with E-state index in [0.717, 1.165) is 12.8 Å². The molecular formula is C14H16O. The van der Waals surface area contributed by atoms with Gasteiger partial charge >= 0.3 is 0 Å². The van der Waals surface area contributed by atoms with E-state index in [9.17, 15) is 4.79 Å². The number of carbonyl (C=O) groups excluding carboxylic acids is 1. The van der Waals surface area contributed by atoms with Gasteiger partial charge < -0.3 is 0 Å². The first kappa shape index (κ1) is 9.14. The lowest BCUT2D eigenvalue weighted by molar-refractivity contribution is -0.125. The Bertz CT molecular complexity index is 431. The number of hydrogen-bond donors (Lipinski definition) is 0. The Morgan fingerprint density at radius 3 is 2.60 bits per heavy atom. The van der Waals surface area contributed by atoms with Gasteiger partial charge in [0, 0.05) is 12.3 Å². The Morgan fingerprint density at radius 1 is 1.20 bits per heavy atom. The topological polar surface area (TPSA) is 17.1 Å². The summed E-state index contributed by atoms with van der Waals surface area (Å²) >= 11 is 0. The quantitative estimate of drug-likeness (QED) is 0.628. The molecule has 1 aromatic rings. The van der Waals surface area contributed by atoms with E-state index in [0.29, 0.717) is 17.1 Å². The van der Waals surface area contributed by atoms with E-state index in [-0.39, 0.29) is 5.92 Å². The van der Waals surface area contributed by atoms with Crippen LogP contribution in [0.1, 0.15) is 49.7 Å². The fourth-order valence-corrected chi connectivity index (χ4v) is 3.36. The smallest absolute Gasteiger partial charge is 0.140 e. The van der Waals surface area contributed by atoms with Crippen molar-refractivity contribution in [1.82, 2.24) is 0 Å². The molecule has 2 unspecified atom stereocenters. The minimum Gasteiger partial charge on any atom is -0.299 e. The zero-order chi connectivity index (χ0) is 10.6. The second-order valence-corrected chi connectivity index (χ2v) is 5.60. The van der Waals surface area contributed by atoms with Crippen LogP contribution in [0.25, 0.3) is 0 Å². The van der Waals surface area contributed by atoms with Crippen LogP contribution in [0.2, 0.25) is 0 Å². The first-order valence-electron chi connectivity index (χ1n) is 5.71. The molecule has 0 aliphatic heterocycles. The summed E-state index contributed by atoms with van der Waals surface area (Å²) in [6.07, 6.45) is 1.79. The van der Waals surface area contributed by atoms with Crippen molar-refractivity contribution in [3.05, 3.63) is 35.4 Å². The molecule has 0 amide bonds. The summed E-state index contributed by atoms with van der Waals surface area (Å²) in [5.74, 6) is 1.09. The SMILES string of the molecule is CC1(C)CC2C(=O)CC1c1ccccc12. The number of hydrogen-bond acceptors (Lipinski definition) is 1. The molecule has 0 aromatic heterocycles. The summed E-state index contributed by atoms with van der Waals surface area (Å²) in [5, 5.41) is 0. The molecule has 0 N–H and O–H groups in total. The number of rotatable bonds is 0. The minimum atomic E-state index is 0.182. The molecule has 1 fully saturated rings. The molecule has 0 radical (unpaired) electrons. The summed E-state index contributed by atoms with van der Waals surface area (Å²) in [7, 11) is 0. The van der Waals surface area contributed by atoms with Gasteiger partial charge in [-0.2, -0.15) is 0 Å². The van der Waals surface area contributed by atoms with Gasteiger partial charge in [0.05, 0.1) is 0 Å². The lowest BCUT2D eigenvalue weighted by Gasteiger charge is -2.48. The van der Waals surface area contributed by atoms with Crippen LogP contribution >= 0.6 is 0 Å². The highest BCUT2D eigenvalue weighted by Crippen LogP contribution is 2.56. The first-order chi connectivity index (χ1) is 7.09. The maximum absolute atomic E-state index is 11.9. The lowest BCUT2D eigenvalue weighted by atomic mass is 9.55. The fourth-order valence-electron chi connectivity index (χ4n) is 3.36. The molecule has 4 rings (SSSR count). The molecule has 78 valence electrons. The number of ketones is 1. The van der Waals surface area contributed by atoms with Crippen LogP contribution in [0.15, 0.2) is 24.3 Å². The second-order valence-electron chi connectivity index (χ2n) is 5.60. The molecule has 2 bridgehead atoms. The minimum absolute atomic E-state index is 0.182. The van der Waals surface area contributed by atoms with Crippen LogP contribution < -0.4 is 0 Å². The zero-order valence-electron chi connectivity index (χ0n) is 9.29. The van der Waals surface area contributed by atoms with E-state index in [1.165, 1.54) is 11.1 Å². The van der Waals surface area contributed by atoms with Crippen LogP contribution in [-0.2, 0) is 4.79 Å². The zero-order valence-corrected chi connectivity index (χ0v) is 9.29. The molecular weight excluding hydrogens is 184 g/mol. The molecule has 15 heavy (non-hydrogen) atoms. The predicted molar refractivity (Wildman–Crippen MR) is 59.9 cm³/mol. The fraction of sp³-hybridized carbons (Fsp3) is 0.500. The van der Waals surface area contributed by atoms with Gasteiger partial charge in [-0.3, -0.25) is 4.79 Å². The van der Waals surface area contributed by atoms with E-state index in [2.05, 4.69) is 38.1 Å². The van der Waals surface area contributed by atoms with Crippen molar-refractivity contribution >= 4 is 5.78 Å². The number of Topliss-reactive ketones (excluding diaryl/α,β-unsaturated/α-hetero) is 1. The van der Waals surface area contributed by atoms with Crippen molar-refractivity contribution in [3.63, 3.8) is 0 Å². The molecule has 1 saturated carbocycles. The van der Waals surface area contributed by atoms with Gasteiger partial charge in [-0.25, -0.2) is 0 Å². The number of benzene rings is 1. The van der Waals surface area contributed by atoms with Crippen molar-refractivity contribution in [2.45, 2.75) is 38.5 Å². The van der Waals surface area contributed by atoms with Crippen LogP contribution in [0.3, 0.4) is 0 Å². The summed E-state index contributed by atoms with van der Waals surface area (Å²) in [6.45, 7) is 4.60. The highest BCUT2D eigenvalue weighted by atomic mass is 16.1. The third-order valence-corrected chi connectivity index (χ3v) is 4.21. The number of fused-ring (bicyclic) bond motifs is 2. The highest BCUT2D eigenvalue weighted by molar-refractivity contribution is 5.90.